The van der Waals surface area contributed by atoms with Crippen molar-refractivity contribution in [3.05, 3.63) is 36.2 Å². The predicted octanol–water partition coefficient (Wildman–Crippen LogP) is -0.322. The van der Waals surface area contributed by atoms with Gasteiger partial charge in [-0.2, -0.15) is 9.90 Å². The number of rotatable bonds is 3. The molecule has 8 nitrogen and oxygen atoms in total. The molecule has 3 rings (SSSR count). The van der Waals surface area contributed by atoms with Gasteiger partial charge in [0.1, 0.15) is 0 Å². The lowest BCUT2D eigenvalue weighted by Crippen LogP contribution is -2.05. The third kappa shape index (κ3) is 1.73. The van der Waals surface area contributed by atoms with Crippen molar-refractivity contribution in [2.45, 2.75) is 6.42 Å². The summed E-state index contributed by atoms with van der Waals surface area (Å²) in [5, 5.41) is 15.5. The summed E-state index contributed by atoms with van der Waals surface area (Å²) in [7, 11) is 1.65. The van der Waals surface area contributed by atoms with E-state index in [0.717, 1.165) is 0 Å². The number of hydrogen-bond donors (Lipinski definition) is 0. The van der Waals surface area contributed by atoms with E-state index in [1.54, 1.807) is 30.2 Å². The summed E-state index contributed by atoms with van der Waals surface area (Å²) in [5.74, 6) is 0.289. The lowest BCUT2D eigenvalue weighted by atomic mass is 10.1. The normalized spacial score (nSPS) is 10.9. The van der Waals surface area contributed by atoms with E-state index in [-0.39, 0.29) is 12.2 Å². The van der Waals surface area contributed by atoms with E-state index in [2.05, 4.69) is 25.5 Å². The van der Waals surface area contributed by atoms with Crippen LogP contribution in [-0.2, 0) is 13.5 Å². The SMILES string of the molecule is Cn1nnc(CC(=O)c2cnn3ccncc23)n1. The smallest absolute Gasteiger partial charge is 0.182 e. The van der Waals surface area contributed by atoms with Gasteiger partial charge in [0, 0.05) is 12.4 Å². The van der Waals surface area contributed by atoms with E-state index in [9.17, 15) is 4.79 Å². The van der Waals surface area contributed by atoms with Gasteiger partial charge in [0.2, 0.25) is 0 Å². The molecule has 8 heteroatoms. The molecular weight excluding hydrogens is 234 g/mol. The van der Waals surface area contributed by atoms with E-state index >= 15 is 0 Å². The van der Waals surface area contributed by atoms with E-state index in [4.69, 9.17) is 0 Å². The average Bonchev–Trinajstić information content (AvgIpc) is 2.95. The molecule has 0 atom stereocenters. The number of ketones is 1. The van der Waals surface area contributed by atoms with Gasteiger partial charge in [0.25, 0.3) is 0 Å². The van der Waals surface area contributed by atoms with Gasteiger partial charge in [-0.1, -0.05) is 0 Å². The third-order valence-corrected chi connectivity index (χ3v) is 2.49. The minimum atomic E-state index is -0.106. The maximum Gasteiger partial charge on any atom is 0.182 e. The summed E-state index contributed by atoms with van der Waals surface area (Å²) in [6, 6.07) is 0. The summed E-state index contributed by atoms with van der Waals surface area (Å²) >= 11 is 0. The highest BCUT2D eigenvalue weighted by atomic mass is 16.1. The van der Waals surface area contributed by atoms with Gasteiger partial charge in [-0.3, -0.25) is 9.78 Å². The lowest BCUT2D eigenvalue weighted by Gasteiger charge is -1.95. The second-order valence-electron chi connectivity index (χ2n) is 3.76. The Morgan fingerprint density at radius 1 is 1.39 bits per heavy atom. The lowest BCUT2D eigenvalue weighted by molar-refractivity contribution is 0.0992. The number of carbonyl (C=O) groups is 1. The van der Waals surface area contributed by atoms with Gasteiger partial charge in [-0.15, -0.1) is 10.2 Å². The van der Waals surface area contributed by atoms with Crippen molar-refractivity contribution in [1.82, 2.24) is 34.8 Å². The third-order valence-electron chi connectivity index (χ3n) is 2.49. The molecule has 0 amide bonds. The zero-order valence-electron chi connectivity index (χ0n) is 9.56. The Hall–Kier alpha value is -2.64. The van der Waals surface area contributed by atoms with Crippen LogP contribution in [0.5, 0.6) is 0 Å². The van der Waals surface area contributed by atoms with Gasteiger partial charge in [0.05, 0.1) is 36.9 Å². The molecule has 90 valence electrons. The Labute approximate surface area is 101 Å². The fraction of sp³-hybridized carbons (Fsp3) is 0.200. The largest absolute Gasteiger partial charge is 0.294 e. The number of hydrogen-bond acceptors (Lipinski definition) is 6. The zero-order chi connectivity index (χ0) is 12.5. The first-order valence-electron chi connectivity index (χ1n) is 5.27. The van der Waals surface area contributed by atoms with Crippen molar-refractivity contribution in [3.8, 4) is 0 Å². The molecule has 0 saturated carbocycles. The van der Waals surface area contributed by atoms with Crippen LogP contribution in [0.15, 0.2) is 24.8 Å². The number of Topliss-reactive ketones (excluding diaryl/α,β-unsaturated/α-hetero) is 1. The molecule has 0 aliphatic carbocycles. The molecule has 3 aromatic rings. The van der Waals surface area contributed by atoms with Gasteiger partial charge >= 0.3 is 0 Å². The van der Waals surface area contributed by atoms with Crippen LogP contribution in [-0.4, -0.2) is 40.6 Å². The van der Waals surface area contributed by atoms with Crippen molar-refractivity contribution in [3.63, 3.8) is 0 Å². The second kappa shape index (κ2) is 3.99. The Morgan fingerprint density at radius 2 is 2.28 bits per heavy atom. The van der Waals surface area contributed by atoms with Crippen molar-refractivity contribution >= 4 is 11.3 Å². The van der Waals surface area contributed by atoms with Gasteiger partial charge in [-0.25, -0.2) is 4.52 Å². The first-order valence-corrected chi connectivity index (χ1v) is 5.27. The van der Waals surface area contributed by atoms with Crippen LogP contribution in [0.4, 0.5) is 0 Å². The summed E-state index contributed by atoms with van der Waals surface area (Å²) in [6.45, 7) is 0. The molecule has 0 aromatic carbocycles. The fourth-order valence-electron chi connectivity index (χ4n) is 1.68. The van der Waals surface area contributed by atoms with E-state index < -0.39 is 0 Å². The van der Waals surface area contributed by atoms with Crippen LogP contribution >= 0.6 is 0 Å². The molecule has 18 heavy (non-hydrogen) atoms. The van der Waals surface area contributed by atoms with Crippen LogP contribution in [0.1, 0.15) is 16.2 Å². The highest BCUT2D eigenvalue weighted by Crippen LogP contribution is 2.11. The monoisotopic (exact) mass is 243 g/mol. The minimum absolute atomic E-state index is 0.101. The fourth-order valence-corrected chi connectivity index (χ4v) is 1.68. The summed E-state index contributed by atoms with van der Waals surface area (Å²) in [6.07, 6.45) is 6.52. The Kier molecular flexibility index (Phi) is 2.33. The molecule has 0 N–H and O–H groups in total. The molecule has 0 aliphatic rings. The second-order valence-corrected chi connectivity index (χ2v) is 3.76. The molecule has 3 heterocycles. The van der Waals surface area contributed by atoms with Crippen molar-refractivity contribution in [1.29, 1.82) is 0 Å². The Morgan fingerprint density at radius 3 is 3.06 bits per heavy atom. The van der Waals surface area contributed by atoms with Crippen LogP contribution in [0, 0.1) is 0 Å². The van der Waals surface area contributed by atoms with E-state index in [1.165, 1.54) is 11.0 Å². The molecule has 0 bridgehead atoms. The standard InChI is InChI=1S/C10H9N7O/c1-16-14-10(13-15-16)4-9(18)7-5-12-17-3-2-11-6-8(7)17/h2-3,5-6H,4H2,1H3. The maximum absolute atomic E-state index is 12.1. The first-order chi connectivity index (χ1) is 8.74. The molecule has 0 spiro atoms. The van der Waals surface area contributed by atoms with Crippen molar-refractivity contribution in [2.75, 3.05) is 0 Å². The van der Waals surface area contributed by atoms with Crippen LogP contribution in [0.2, 0.25) is 0 Å². The summed E-state index contributed by atoms with van der Waals surface area (Å²) < 4.78 is 1.60. The van der Waals surface area contributed by atoms with E-state index in [0.29, 0.717) is 16.9 Å². The van der Waals surface area contributed by atoms with Crippen LogP contribution in [0.3, 0.4) is 0 Å². The van der Waals surface area contributed by atoms with Crippen molar-refractivity contribution in [2.24, 2.45) is 7.05 Å². The number of carbonyl (C=O) groups excluding carboxylic acids is 1. The number of aryl methyl sites for hydroxylation is 1. The highest BCUT2D eigenvalue weighted by Gasteiger charge is 2.15. The number of fused-ring (bicyclic) bond motifs is 1. The summed E-state index contributed by atoms with van der Waals surface area (Å²) in [4.78, 5) is 17.4. The average molecular weight is 243 g/mol. The number of nitrogens with zero attached hydrogens (tertiary/aromatic N) is 7. The van der Waals surface area contributed by atoms with Crippen LogP contribution < -0.4 is 0 Å². The van der Waals surface area contributed by atoms with Crippen LogP contribution in [0.25, 0.3) is 5.52 Å². The molecule has 0 radical (unpaired) electrons. The highest BCUT2D eigenvalue weighted by molar-refractivity contribution is 6.02. The Balaban J connectivity index is 1.92. The molecule has 0 unspecified atom stereocenters. The zero-order valence-corrected chi connectivity index (χ0v) is 9.56. The Bertz CT molecular complexity index is 714. The van der Waals surface area contributed by atoms with Gasteiger partial charge in [-0.05, 0) is 5.21 Å². The first kappa shape index (κ1) is 10.5. The molecular formula is C10H9N7O. The molecule has 3 aromatic heterocycles. The predicted molar refractivity (Wildman–Crippen MR) is 59.8 cm³/mol. The number of tetrazole rings is 1. The van der Waals surface area contributed by atoms with Crippen molar-refractivity contribution < 1.29 is 4.79 Å². The van der Waals surface area contributed by atoms with Gasteiger partial charge < -0.3 is 0 Å². The van der Waals surface area contributed by atoms with Gasteiger partial charge in [0.15, 0.2) is 11.6 Å². The maximum atomic E-state index is 12.1. The quantitative estimate of drug-likeness (QED) is 0.585. The minimum Gasteiger partial charge on any atom is -0.294 e. The summed E-state index contributed by atoms with van der Waals surface area (Å²) in [5.41, 5.74) is 1.18. The molecule has 0 saturated heterocycles. The van der Waals surface area contributed by atoms with E-state index in [1.807, 2.05) is 0 Å². The number of aromatic nitrogens is 7. The molecule has 0 fully saturated rings. The molecule has 0 aliphatic heterocycles. The topological polar surface area (TPSA) is 90.9 Å².